The van der Waals surface area contributed by atoms with E-state index in [2.05, 4.69) is 17.4 Å². The van der Waals surface area contributed by atoms with Crippen molar-refractivity contribution in [3.8, 4) is 11.3 Å². The minimum Gasteiger partial charge on any atom is -0.316 e. The Hall–Kier alpha value is -2.30. The fourth-order valence-electron chi connectivity index (χ4n) is 3.30. The van der Waals surface area contributed by atoms with Crippen LogP contribution >= 0.6 is 12.4 Å². The van der Waals surface area contributed by atoms with E-state index in [-0.39, 0.29) is 18.2 Å². The molecule has 2 aromatic carbocycles. The van der Waals surface area contributed by atoms with Crippen molar-refractivity contribution in [1.82, 2.24) is 15.3 Å². The van der Waals surface area contributed by atoms with Gasteiger partial charge in [-0.1, -0.05) is 30.3 Å². The Labute approximate surface area is 159 Å². The maximum Gasteiger partial charge on any atom is 0.133 e. The molecule has 4 rings (SSSR count). The number of hydrogen-bond donors (Lipinski definition) is 1. The van der Waals surface area contributed by atoms with Gasteiger partial charge in [0.05, 0.1) is 5.69 Å². The van der Waals surface area contributed by atoms with Gasteiger partial charge in [0, 0.05) is 36.2 Å². The first-order valence-electron chi connectivity index (χ1n) is 8.69. The number of aromatic nitrogens is 2. The summed E-state index contributed by atoms with van der Waals surface area (Å²) in [6.45, 7) is 1.85. The van der Waals surface area contributed by atoms with Crippen LogP contribution in [0, 0.1) is 5.82 Å². The summed E-state index contributed by atoms with van der Waals surface area (Å²) >= 11 is 0. The topological polar surface area (TPSA) is 37.8 Å². The highest BCUT2D eigenvalue weighted by atomic mass is 35.5. The van der Waals surface area contributed by atoms with Gasteiger partial charge in [-0.15, -0.1) is 12.4 Å². The Balaban J connectivity index is 0.00000196. The Morgan fingerprint density at radius 3 is 2.38 bits per heavy atom. The van der Waals surface area contributed by atoms with E-state index in [1.54, 1.807) is 0 Å². The number of halogens is 2. The van der Waals surface area contributed by atoms with Crippen LogP contribution in [0.15, 0.2) is 54.6 Å². The van der Waals surface area contributed by atoms with E-state index in [1.165, 1.54) is 23.3 Å². The summed E-state index contributed by atoms with van der Waals surface area (Å²) in [6.07, 6.45) is 2.50. The van der Waals surface area contributed by atoms with Crippen molar-refractivity contribution >= 4 is 12.4 Å². The molecule has 0 atom stereocenters. The summed E-state index contributed by atoms with van der Waals surface area (Å²) in [6, 6.07) is 16.9. The van der Waals surface area contributed by atoms with Gasteiger partial charge in [0.1, 0.15) is 11.6 Å². The number of fused-ring (bicyclic) bond motifs is 1. The quantitative estimate of drug-likeness (QED) is 0.758. The van der Waals surface area contributed by atoms with Gasteiger partial charge in [0.25, 0.3) is 0 Å². The fourth-order valence-corrected chi connectivity index (χ4v) is 3.30. The predicted octanol–water partition coefficient (Wildman–Crippen LogP) is 3.98. The third kappa shape index (κ3) is 4.09. The molecule has 1 aliphatic heterocycles. The van der Waals surface area contributed by atoms with E-state index < -0.39 is 0 Å². The second-order valence-electron chi connectivity index (χ2n) is 6.33. The molecule has 134 valence electrons. The second-order valence-corrected chi connectivity index (χ2v) is 6.33. The monoisotopic (exact) mass is 369 g/mol. The molecular weight excluding hydrogens is 349 g/mol. The lowest BCUT2D eigenvalue weighted by Crippen LogP contribution is -2.16. The highest BCUT2D eigenvalue weighted by Crippen LogP contribution is 2.26. The number of hydrogen-bond acceptors (Lipinski definition) is 3. The van der Waals surface area contributed by atoms with Crippen molar-refractivity contribution < 1.29 is 4.39 Å². The van der Waals surface area contributed by atoms with E-state index in [1.807, 2.05) is 30.3 Å². The molecule has 0 fully saturated rings. The summed E-state index contributed by atoms with van der Waals surface area (Å²) < 4.78 is 13.3. The lowest BCUT2D eigenvalue weighted by atomic mass is 10.0. The molecule has 3 nitrogen and oxygen atoms in total. The van der Waals surface area contributed by atoms with Crippen LogP contribution in [-0.4, -0.2) is 23.1 Å². The molecule has 1 aliphatic rings. The number of nitrogens with one attached hydrogen (secondary N) is 1. The van der Waals surface area contributed by atoms with Crippen LogP contribution in [0.2, 0.25) is 0 Å². The minimum atomic E-state index is -0.227. The van der Waals surface area contributed by atoms with Gasteiger partial charge in [-0.2, -0.15) is 0 Å². The van der Waals surface area contributed by atoms with Crippen molar-refractivity contribution in [2.75, 3.05) is 13.1 Å². The molecule has 1 N–H and O–H groups in total. The summed E-state index contributed by atoms with van der Waals surface area (Å²) in [5.74, 6) is 0.598. The molecule has 26 heavy (non-hydrogen) atoms. The smallest absolute Gasteiger partial charge is 0.133 e. The molecule has 0 bridgehead atoms. The van der Waals surface area contributed by atoms with Gasteiger partial charge in [0.15, 0.2) is 0 Å². The number of rotatable bonds is 3. The molecule has 0 unspecified atom stereocenters. The Morgan fingerprint density at radius 2 is 1.62 bits per heavy atom. The van der Waals surface area contributed by atoms with Gasteiger partial charge in [-0.3, -0.25) is 0 Å². The van der Waals surface area contributed by atoms with Gasteiger partial charge < -0.3 is 5.32 Å². The average Bonchev–Trinajstić information content (AvgIpc) is 2.88. The van der Waals surface area contributed by atoms with Crippen molar-refractivity contribution in [3.63, 3.8) is 0 Å². The standard InChI is InChI=1S/C21H20FN3.ClH/c22-17-8-6-16(7-9-17)21-18-10-12-23-13-11-19(18)24-20(25-21)14-15-4-2-1-3-5-15;/h1-9,23H,10-14H2;1H. The molecule has 1 aromatic heterocycles. The van der Waals surface area contributed by atoms with Crippen molar-refractivity contribution in [2.24, 2.45) is 0 Å². The van der Waals surface area contributed by atoms with E-state index in [0.29, 0.717) is 6.42 Å². The van der Waals surface area contributed by atoms with Gasteiger partial charge in [-0.25, -0.2) is 14.4 Å². The predicted molar refractivity (Wildman–Crippen MR) is 104 cm³/mol. The summed E-state index contributed by atoms with van der Waals surface area (Å²) in [5.41, 5.74) is 5.40. The van der Waals surface area contributed by atoms with Crippen LogP contribution in [0.5, 0.6) is 0 Å². The zero-order valence-corrected chi connectivity index (χ0v) is 15.2. The maximum absolute atomic E-state index is 13.3. The molecular formula is C21H21ClFN3. The van der Waals surface area contributed by atoms with Crippen molar-refractivity contribution in [1.29, 1.82) is 0 Å². The summed E-state index contributed by atoms with van der Waals surface area (Å²) in [5, 5.41) is 3.42. The summed E-state index contributed by atoms with van der Waals surface area (Å²) in [4.78, 5) is 9.71. The Bertz CT molecular complexity index is 866. The van der Waals surface area contributed by atoms with Gasteiger partial charge in [-0.05, 0) is 42.8 Å². The lowest BCUT2D eigenvalue weighted by Gasteiger charge is -2.14. The molecule has 0 saturated heterocycles. The third-order valence-corrected chi connectivity index (χ3v) is 4.55. The maximum atomic E-state index is 13.3. The first-order chi connectivity index (χ1) is 12.3. The number of benzene rings is 2. The molecule has 0 amide bonds. The van der Waals surface area contributed by atoms with E-state index in [0.717, 1.165) is 48.7 Å². The third-order valence-electron chi connectivity index (χ3n) is 4.55. The van der Waals surface area contributed by atoms with Crippen LogP contribution < -0.4 is 5.32 Å². The molecule has 0 spiro atoms. The zero-order chi connectivity index (χ0) is 17.1. The molecule has 0 saturated carbocycles. The molecule has 0 radical (unpaired) electrons. The van der Waals surface area contributed by atoms with Crippen LogP contribution in [0.3, 0.4) is 0 Å². The van der Waals surface area contributed by atoms with Crippen molar-refractivity contribution in [2.45, 2.75) is 19.3 Å². The van der Waals surface area contributed by atoms with Gasteiger partial charge >= 0.3 is 0 Å². The Morgan fingerprint density at radius 1 is 0.885 bits per heavy atom. The van der Waals surface area contributed by atoms with Crippen molar-refractivity contribution in [3.05, 3.63) is 83.1 Å². The highest BCUT2D eigenvalue weighted by molar-refractivity contribution is 5.85. The molecule has 2 heterocycles. The van der Waals surface area contributed by atoms with Crippen LogP contribution in [-0.2, 0) is 19.3 Å². The van der Waals surface area contributed by atoms with Crippen LogP contribution in [0.25, 0.3) is 11.3 Å². The average molecular weight is 370 g/mol. The van der Waals surface area contributed by atoms with E-state index in [4.69, 9.17) is 9.97 Å². The van der Waals surface area contributed by atoms with E-state index >= 15 is 0 Å². The second kappa shape index (κ2) is 8.39. The SMILES string of the molecule is Cl.Fc1ccc(-c2nc(Cc3ccccc3)nc3c2CCNCC3)cc1. The van der Waals surface area contributed by atoms with E-state index in [9.17, 15) is 4.39 Å². The first-order valence-corrected chi connectivity index (χ1v) is 8.69. The zero-order valence-electron chi connectivity index (χ0n) is 14.4. The minimum absolute atomic E-state index is 0. The Kier molecular flexibility index (Phi) is 5.96. The largest absolute Gasteiger partial charge is 0.316 e. The van der Waals surface area contributed by atoms with Crippen LogP contribution in [0.4, 0.5) is 4.39 Å². The van der Waals surface area contributed by atoms with Crippen LogP contribution in [0.1, 0.15) is 22.6 Å². The molecule has 0 aliphatic carbocycles. The molecule has 5 heteroatoms. The fraction of sp³-hybridized carbons (Fsp3) is 0.238. The highest BCUT2D eigenvalue weighted by Gasteiger charge is 2.18. The van der Waals surface area contributed by atoms with Gasteiger partial charge in [0.2, 0.25) is 0 Å². The molecule has 3 aromatic rings. The summed E-state index contributed by atoms with van der Waals surface area (Å²) in [7, 11) is 0. The normalized spacial score (nSPS) is 13.4. The lowest BCUT2D eigenvalue weighted by molar-refractivity contribution is 0.628. The first kappa shape index (κ1) is 18.5. The number of nitrogens with zero attached hydrogens (tertiary/aromatic N) is 2.